The lowest BCUT2D eigenvalue weighted by molar-refractivity contribution is 0.102. The van der Waals surface area contributed by atoms with E-state index < -0.39 is 15.9 Å². The van der Waals surface area contributed by atoms with Crippen LogP contribution in [0, 0.1) is 0 Å². The van der Waals surface area contributed by atoms with Crippen molar-refractivity contribution in [1.82, 2.24) is 10.2 Å². The number of amides is 1. The molecule has 0 spiro atoms. The molecule has 0 bridgehead atoms. The van der Waals surface area contributed by atoms with E-state index in [0.717, 1.165) is 0 Å². The molecule has 12 heteroatoms. The van der Waals surface area contributed by atoms with E-state index >= 15 is 0 Å². The van der Waals surface area contributed by atoms with Gasteiger partial charge >= 0.3 is 0 Å². The highest BCUT2D eigenvalue weighted by atomic mass is 35.5. The highest BCUT2D eigenvalue weighted by molar-refractivity contribution is 7.94. The Morgan fingerprint density at radius 3 is 2.62 bits per heavy atom. The Kier molecular flexibility index (Phi) is 5.26. The van der Waals surface area contributed by atoms with Gasteiger partial charge in [-0.3, -0.25) is 14.8 Å². The molecule has 9 nitrogen and oxygen atoms in total. The zero-order valence-corrected chi connectivity index (χ0v) is 17.0. The molecule has 1 aliphatic heterocycles. The van der Waals surface area contributed by atoms with E-state index in [1.54, 1.807) is 36.4 Å². The second-order valence-electron chi connectivity index (χ2n) is 5.77. The number of rotatable bonds is 5. The van der Waals surface area contributed by atoms with Gasteiger partial charge in [0.2, 0.25) is 5.13 Å². The van der Waals surface area contributed by atoms with Crippen LogP contribution in [-0.2, 0) is 10.0 Å². The molecule has 2 N–H and O–H groups in total. The largest absolute Gasteiger partial charge is 0.486 e. The molecule has 1 amide bonds. The number of sulfonamides is 1. The fraction of sp³-hybridized carbons (Fsp3) is 0.118. The van der Waals surface area contributed by atoms with Crippen LogP contribution in [0.15, 0.2) is 46.8 Å². The van der Waals surface area contributed by atoms with Gasteiger partial charge in [-0.2, -0.15) is 8.42 Å². The van der Waals surface area contributed by atoms with Crippen LogP contribution in [0.1, 0.15) is 10.4 Å². The van der Waals surface area contributed by atoms with E-state index in [0.29, 0.717) is 36.0 Å². The molecular weight excluding hydrogens is 440 g/mol. The van der Waals surface area contributed by atoms with E-state index in [1.807, 2.05) is 0 Å². The Morgan fingerprint density at radius 1 is 1.07 bits per heavy atom. The average molecular weight is 453 g/mol. The fourth-order valence-corrected chi connectivity index (χ4v) is 4.65. The lowest BCUT2D eigenvalue weighted by atomic mass is 10.2. The van der Waals surface area contributed by atoms with Crippen molar-refractivity contribution < 1.29 is 22.7 Å². The third-order valence-electron chi connectivity index (χ3n) is 3.77. The molecule has 3 aromatic rings. The third-order valence-corrected chi connectivity index (χ3v) is 6.69. The summed E-state index contributed by atoms with van der Waals surface area (Å²) in [4.78, 5) is 12.3. The molecule has 0 saturated heterocycles. The SMILES string of the molecule is O=C(Nc1nnc(S(=O)(=O)Nc2ccc3c(c2)OCCO3)s1)c1ccccc1Cl. The highest BCUT2D eigenvalue weighted by Crippen LogP contribution is 2.33. The first kappa shape index (κ1) is 19.4. The summed E-state index contributed by atoms with van der Waals surface area (Å²) in [7, 11) is -4.01. The second-order valence-corrected chi connectivity index (χ2v) is 9.01. The molecule has 0 fully saturated rings. The van der Waals surface area contributed by atoms with Crippen molar-refractivity contribution >= 4 is 49.7 Å². The number of aromatic nitrogens is 2. The molecule has 0 radical (unpaired) electrons. The standard InChI is InChI=1S/C17H13ClN4O5S2/c18-12-4-2-1-3-11(12)15(23)19-16-20-21-17(28-16)29(24,25)22-10-5-6-13-14(9-10)27-8-7-26-13/h1-6,9,22H,7-8H2,(H,19,20,23). The lowest BCUT2D eigenvalue weighted by Gasteiger charge is -2.18. The first-order chi connectivity index (χ1) is 13.9. The minimum absolute atomic E-state index is 0.0254. The zero-order valence-electron chi connectivity index (χ0n) is 14.6. The van der Waals surface area contributed by atoms with Gasteiger partial charge in [0.1, 0.15) is 13.2 Å². The van der Waals surface area contributed by atoms with Crippen molar-refractivity contribution in [2.24, 2.45) is 0 Å². The maximum absolute atomic E-state index is 12.6. The molecule has 4 rings (SSSR count). The molecular formula is C17H13ClN4O5S2. The molecule has 0 atom stereocenters. The van der Waals surface area contributed by atoms with Gasteiger partial charge in [-0.1, -0.05) is 35.1 Å². The Balaban J connectivity index is 1.49. The number of anilines is 2. The van der Waals surface area contributed by atoms with Gasteiger partial charge in [0.25, 0.3) is 20.3 Å². The zero-order chi connectivity index (χ0) is 20.4. The van der Waals surface area contributed by atoms with Gasteiger partial charge in [0, 0.05) is 6.07 Å². The Labute approximate surface area is 174 Å². The van der Waals surface area contributed by atoms with E-state index in [1.165, 1.54) is 6.07 Å². The summed E-state index contributed by atoms with van der Waals surface area (Å²) in [6.45, 7) is 0.819. The van der Waals surface area contributed by atoms with Crippen LogP contribution < -0.4 is 19.5 Å². The Bertz CT molecular complexity index is 1180. The lowest BCUT2D eigenvalue weighted by Crippen LogP contribution is -2.16. The molecule has 1 aromatic heterocycles. The number of nitrogens with one attached hydrogen (secondary N) is 2. The van der Waals surface area contributed by atoms with Crippen molar-refractivity contribution in [1.29, 1.82) is 0 Å². The number of hydrogen-bond acceptors (Lipinski definition) is 8. The van der Waals surface area contributed by atoms with E-state index in [9.17, 15) is 13.2 Å². The van der Waals surface area contributed by atoms with Crippen molar-refractivity contribution in [3.63, 3.8) is 0 Å². The first-order valence-electron chi connectivity index (χ1n) is 8.24. The maximum atomic E-state index is 12.6. The van der Waals surface area contributed by atoms with Gasteiger partial charge in [-0.15, -0.1) is 10.2 Å². The van der Waals surface area contributed by atoms with Crippen molar-refractivity contribution in [3.05, 3.63) is 53.1 Å². The second kappa shape index (κ2) is 7.85. The normalized spacial score (nSPS) is 13.0. The van der Waals surface area contributed by atoms with Gasteiger partial charge in [0.15, 0.2) is 11.5 Å². The van der Waals surface area contributed by atoms with Crippen LogP contribution in [0.4, 0.5) is 10.8 Å². The minimum Gasteiger partial charge on any atom is -0.486 e. The summed E-state index contributed by atoms with van der Waals surface area (Å²) in [5, 5.41) is 10.2. The van der Waals surface area contributed by atoms with Crippen molar-refractivity contribution in [2.75, 3.05) is 23.3 Å². The minimum atomic E-state index is -4.01. The molecule has 2 aromatic carbocycles. The average Bonchev–Trinajstić information content (AvgIpc) is 3.17. The van der Waals surface area contributed by atoms with Crippen LogP contribution in [0.25, 0.3) is 0 Å². The molecule has 2 heterocycles. The summed E-state index contributed by atoms with van der Waals surface area (Å²) < 4.78 is 38.1. The number of carbonyl (C=O) groups is 1. The van der Waals surface area contributed by atoms with E-state index in [4.69, 9.17) is 21.1 Å². The number of nitrogens with zero attached hydrogens (tertiary/aromatic N) is 2. The Hall–Kier alpha value is -2.89. The third kappa shape index (κ3) is 4.26. The highest BCUT2D eigenvalue weighted by Gasteiger charge is 2.23. The Morgan fingerprint density at radius 2 is 1.83 bits per heavy atom. The van der Waals surface area contributed by atoms with Gasteiger partial charge in [-0.25, -0.2) is 0 Å². The van der Waals surface area contributed by atoms with E-state index in [2.05, 4.69) is 20.2 Å². The van der Waals surface area contributed by atoms with Crippen LogP contribution in [-0.4, -0.2) is 37.7 Å². The summed E-state index contributed by atoms with van der Waals surface area (Å²) in [6, 6.07) is 11.1. The number of hydrogen-bond donors (Lipinski definition) is 2. The predicted octanol–water partition coefficient (Wildman–Crippen LogP) is 3.02. The van der Waals surface area contributed by atoms with E-state index in [-0.39, 0.29) is 25.7 Å². The van der Waals surface area contributed by atoms with Crippen molar-refractivity contribution in [2.45, 2.75) is 4.34 Å². The van der Waals surface area contributed by atoms with Crippen LogP contribution >= 0.6 is 22.9 Å². The molecule has 29 heavy (non-hydrogen) atoms. The maximum Gasteiger partial charge on any atom is 0.291 e. The van der Waals surface area contributed by atoms with Gasteiger partial charge in [0.05, 0.1) is 16.3 Å². The quantitative estimate of drug-likeness (QED) is 0.571. The smallest absolute Gasteiger partial charge is 0.291 e. The van der Waals surface area contributed by atoms with Crippen LogP contribution in [0.2, 0.25) is 5.02 Å². The summed E-state index contributed by atoms with van der Waals surface area (Å²) in [5.41, 5.74) is 0.522. The number of carbonyl (C=O) groups excluding carboxylic acids is 1. The van der Waals surface area contributed by atoms with Gasteiger partial charge in [-0.05, 0) is 24.3 Å². The molecule has 1 aliphatic rings. The van der Waals surface area contributed by atoms with Crippen LogP contribution in [0.5, 0.6) is 11.5 Å². The number of benzene rings is 2. The molecule has 150 valence electrons. The predicted molar refractivity (Wildman–Crippen MR) is 108 cm³/mol. The number of halogens is 1. The summed E-state index contributed by atoms with van der Waals surface area (Å²) in [5.74, 6) is 0.469. The first-order valence-corrected chi connectivity index (χ1v) is 10.9. The van der Waals surface area contributed by atoms with Crippen LogP contribution in [0.3, 0.4) is 0 Å². The molecule has 0 unspecified atom stereocenters. The fourth-order valence-electron chi connectivity index (χ4n) is 2.48. The molecule has 0 saturated carbocycles. The monoisotopic (exact) mass is 452 g/mol. The van der Waals surface area contributed by atoms with Gasteiger partial charge < -0.3 is 9.47 Å². The van der Waals surface area contributed by atoms with Crippen molar-refractivity contribution in [3.8, 4) is 11.5 Å². The number of ether oxygens (including phenoxy) is 2. The summed E-state index contributed by atoms with van der Waals surface area (Å²) in [6.07, 6.45) is 0. The summed E-state index contributed by atoms with van der Waals surface area (Å²) >= 11 is 6.70. The number of fused-ring (bicyclic) bond motifs is 1. The molecule has 0 aliphatic carbocycles. The topological polar surface area (TPSA) is 120 Å².